The zero-order chi connectivity index (χ0) is 16.9. The molecule has 0 aliphatic heterocycles. The van der Waals surface area contributed by atoms with Crippen molar-refractivity contribution in [3.63, 3.8) is 0 Å². The van der Waals surface area contributed by atoms with Crippen LogP contribution in [-0.2, 0) is 4.74 Å². The molecule has 126 valence electrons. The molecule has 0 radical (unpaired) electrons. The zero-order valence-electron chi connectivity index (χ0n) is 13.7. The minimum atomic E-state index is -0.448. The summed E-state index contributed by atoms with van der Waals surface area (Å²) in [6, 6.07) is 6.31. The third-order valence-corrected chi connectivity index (χ3v) is 3.21. The molecule has 0 fully saturated rings. The molecule has 0 bridgehead atoms. The number of benzene rings is 1. The van der Waals surface area contributed by atoms with E-state index in [-0.39, 0.29) is 5.75 Å². The van der Waals surface area contributed by atoms with Crippen molar-refractivity contribution in [3.8, 4) is 5.75 Å². The van der Waals surface area contributed by atoms with Gasteiger partial charge in [-0.2, -0.15) is 0 Å². The van der Waals surface area contributed by atoms with Gasteiger partial charge in [-0.3, -0.25) is 0 Å². The van der Waals surface area contributed by atoms with Crippen LogP contribution >= 0.6 is 0 Å². The monoisotopic (exact) mass is 319 g/mol. The second-order valence-corrected chi connectivity index (χ2v) is 5.14. The average Bonchev–Trinajstić information content (AvgIpc) is 2.55. The molecule has 0 heterocycles. The minimum Gasteiger partial charge on any atom is -0.480 e. The van der Waals surface area contributed by atoms with Gasteiger partial charge in [-0.05, 0) is 36.4 Å². The molecule has 2 N–H and O–H groups in total. The lowest BCUT2D eigenvalue weighted by molar-refractivity contribution is 0.0638. The van der Waals surface area contributed by atoms with Gasteiger partial charge in [0.15, 0.2) is 11.6 Å². The highest BCUT2D eigenvalue weighted by Crippen LogP contribution is 2.20. The van der Waals surface area contributed by atoms with Gasteiger partial charge < -0.3 is 15.2 Å². The van der Waals surface area contributed by atoms with Gasteiger partial charge in [0.2, 0.25) is 0 Å². The Hall–Kier alpha value is -2.07. The van der Waals surface area contributed by atoms with Crippen molar-refractivity contribution in [2.45, 2.75) is 32.3 Å². The summed E-state index contributed by atoms with van der Waals surface area (Å²) < 4.78 is 25.2. The minimum absolute atomic E-state index is 0.193. The van der Waals surface area contributed by atoms with Crippen LogP contribution in [0.1, 0.15) is 26.2 Å². The lowest BCUT2D eigenvalue weighted by atomic mass is 10.1. The first-order chi connectivity index (χ1) is 11.2. The maximum Gasteiger partial charge on any atom is 0.165 e. The predicted octanol–water partition coefficient (Wildman–Crippen LogP) is 4.36. The molecule has 0 aliphatic carbocycles. The van der Waals surface area contributed by atoms with Crippen LogP contribution in [0.3, 0.4) is 0 Å². The Morgan fingerprint density at radius 2 is 2.09 bits per heavy atom. The van der Waals surface area contributed by atoms with Crippen molar-refractivity contribution < 1.29 is 13.9 Å². The van der Waals surface area contributed by atoms with E-state index in [2.05, 4.69) is 13.5 Å². The lowest BCUT2D eigenvalue weighted by Crippen LogP contribution is -2.25. The Balaban J connectivity index is 2.67. The molecule has 0 saturated heterocycles. The molecule has 1 rings (SSSR count). The fourth-order valence-corrected chi connectivity index (χ4v) is 1.91. The van der Waals surface area contributed by atoms with Crippen molar-refractivity contribution in [3.05, 3.63) is 66.7 Å². The summed E-state index contributed by atoms with van der Waals surface area (Å²) in [6.45, 7) is 7.10. The number of ether oxygens (including phenoxy) is 2. The normalized spacial score (nSPS) is 12.8. The summed E-state index contributed by atoms with van der Waals surface area (Å²) in [4.78, 5) is 0. The SMILES string of the molecule is C=C(/C=C\C=C/N)C(COCCCCC)Oc1ccccc1F. The first kappa shape index (κ1) is 19.0. The molecule has 1 aromatic rings. The Labute approximate surface area is 138 Å². The number of halogens is 1. The van der Waals surface area contributed by atoms with Crippen molar-refractivity contribution >= 4 is 0 Å². The number of para-hydroxylation sites is 1. The van der Waals surface area contributed by atoms with Crippen molar-refractivity contribution in [2.24, 2.45) is 5.73 Å². The van der Waals surface area contributed by atoms with Gasteiger partial charge in [-0.15, -0.1) is 0 Å². The highest BCUT2D eigenvalue weighted by Gasteiger charge is 2.15. The molecule has 1 atom stereocenters. The lowest BCUT2D eigenvalue weighted by Gasteiger charge is -2.20. The number of nitrogens with two attached hydrogens (primary N) is 1. The molecule has 1 unspecified atom stereocenters. The number of hydrogen-bond donors (Lipinski definition) is 1. The van der Waals surface area contributed by atoms with Crippen molar-refractivity contribution in [1.82, 2.24) is 0 Å². The fraction of sp³-hybridized carbons (Fsp3) is 0.368. The third-order valence-electron chi connectivity index (χ3n) is 3.21. The third kappa shape index (κ3) is 7.66. The van der Waals surface area contributed by atoms with Crippen LogP contribution < -0.4 is 10.5 Å². The van der Waals surface area contributed by atoms with Crippen LogP contribution in [0.4, 0.5) is 4.39 Å². The largest absolute Gasteiger partial charge is 0.480 e. The van der Waals surface area contributed by atoms with E-state index in [9.17, 15) is 4.39 Å². The maximum absolute atomic E-state index is 13.8. The van der Waals surface area contributed by atoms with Crippen molar-refractivity contribution in [1.29, 1.82) is 0 Å². The van der Waals surface area contributed by atoms with E-state index >= 15 is 0 Å². The van der Waals surface area contributed by atoms with Gasteiger partial charge in [0.05, 0.1) is 6.61 Å². The molecular formula is C19H26FNO2. The molecule has 4 heteroatoms. The fourth-order valence-electron chi connectivity index (χ4n) is 1.91. The van der Waals surface area contributed by atoms with Gasteiger partial charge >= 0.3 is 0 Å². The summed E-state index contributed by atoms with van der Waals surface area (Å²) in [6.07, 6.45) is 9.48. The molecule has 0 aromatic heterocycles. The molecule has 0 spiro atoms. The topological polar surface area (TPSA) is 44.5 Å². The van der Waals surface area contributed by atoms with E-state index in [0.29, 0.717) is 18.8 Å². The van der Waals surface area contributed by atoms with E-state index in [1.165, 1.54) is 12.3 Å². The highest BCUT2D eigenvalue weighted by atomic mass is 19.1. The van der Waals surface area contributed by atoms with Crippen LogP contribution in [0, 0.1) is 5.82 Å². The van der Waals surface area contributed by atoms with E-state index in [0.717, 1.165) is 19.3 Å². The van der Waals surface area contributed by atoms with Gasteiger partial charge in [-0.1, -0.05) is 50.6 Å². The van der Waals surface area contributed by atoms with Crippen LogP contribution in [0.15, 0.2) is 60.8 Å². The summed E-state index contributed by atoms with van der Waals surface area (Å²) in [5.41, 5.74) is 5.99. The molecular weight excluding hydrogens is 293 g/mol. The number of rotatable bonds is 11. The molecule has 0 amide bonds. The smallest absolute Gasteiger partial charge is 0.165 e. The summed E-state index contributed by atoms with van der Waals surface area (Å²) in [7, 11) is 0. The highest BCUT2D eigenvalue weighted by molar-refractivity contribution is 5.28. The predicted molar refractivity (Wildman–Crippen MR) is 92.8 cm³/mol. The molecule has 0 aliphatic rings. The summed E-state index contributed by atoms with van der Waals surface area (Å²) in [5.74, 6) is -0.208. The molecule has 3 nitrogen and oxygen atoms in total. The first-order valence-electron chi connectivity index (χ1n) is 7.91. The standard InChI is InChI=1S/C19H26FNO2/c1-3-4-9-14-22-15-19(16(2)10-7-8-13-21)23-18-12-6-5-11-17(18)20/h5-8,10-13,19H,2-4,9,14-15,21H2,1H3/b10-7-,13-8-. The Morgan fingerprint density at radius 3 is 2.78 bits per heavy atom. The molecule has 23 heavy (non-hydrogen) atoms. The van der Waals surface area contributed by atoms with Gasteiger partial charge in [-0.25, -0.2) is 4.39 Å². The van der Waals surface area contributed by atoms with E-state index < -0.39 is 11.9 Å². The summed E-state index contributed by atoms with van der Waals surface area (Å²) in [5, 5.41) is 0. The zero-order valence-corrected chi connectivity index (χ0v) is 13.7. The van der Waals surface area contributed by atoms with Crippen LogP contribution in [0.25, 0.3) is 0 Å². The Kier molecular flexibility index (Phi) is 9.48. The van der Waals surface area contributed by atoms with Crippen LogP contribution in [0.5, 0.6) is 5.75 Å². The van der Waals surface area contributed by atoms with Gasteiger partial charge in [0.1, 0.15) is 6.10 Å². The molecule has 0 saturated carbocycles. The van der Waals surface area contributed by atoms with Gasteiger partial charge in [0, 0.05) is 6.61 Å². The molecule has 1 aromatic carbocycles. The number of allylic oxidation sites excluding steroid dienone is 2. The number of unbranched alkanes of at least 4 members (excludes halogenated alkanes) is 2. The van der Waals surface area contributed by atoms with E-state index in [1.807, 2.05) is 0 Å². The average molecular weight is 319 g/mol. The Bertz CT molecular complexity index is 526. The van der Waals surface area contributed by atoms with Crippen LogP contribution in [-0.4, -0.2) is 19.3 Å². The van der Waals surface area contributed by atoms with Crippen molar-refractivity contribution in [2.75, 3.05) is 13.2 Å². The Morgan fingerprint density at radius 1 is 1.30 bits per heavy atom. The van der Waals surface area contributed by atoms with E-state index in [1.54, 1.807) is 36.4 Å². The van der Waals surface area contributed by atoms with Crippen LogP contribution in [0.2, 0.25) is 0 Å². The second-order valence-electron chi connectivity index (χ2n) is 5.14. The number of hydrogen-bond acceptors (Lipinski definition) is 3. The summed E-state index contributed by atoms with van der Waals surface area (Å²) >= 11 is 0. The maximum atomic E-state index is 13.8. The quantitative estimate of drug-likeness (QED) is 0.487. The van der Waals surface area contributed by atoms with Gasteiger partial charge in [0.25, 0.3) is 0 Å². The first-order valence-corrected chi connectivity index (χ1v) is 7.91. The van der Waals surface area contributed by atoms with E-state index in [4.69, 9.17) is 15.2 Å². The second kappa shape index (κ2) is 11.5.